The van der Waals surface area contributed by atoms with Gasteiger partial charge in [0.1, 0.15) is 6.07 Å². The summed E-state index contributed by atoms with van der Waals surface area (Å²) in [7, 11) is 0. The minimum Gasteiger partial charge on any atom is -0.274 e. The first-order valence-electron chi connectivity index (χ1n) is 8.68. The van der Waals surface area contributed by atoms with Crippen LogP contribution in [-0.4, -0.2) is 16.7 Å². The number of nitriles is 1. The van der Waals surface area contributed by atoms with Gasteiger partial charge < -0.3 is 0 Å². The van der Waals surface area contributed by atoms with E-state index in [2.05, 4.69) is 6.07 Å². The predicted octanol–water partition coefficient (Wildman–Crippen LogP) is 3.95. The molecule has 2 amide bonds. The highest BCUT2D eigenvalue weighted by Crippen LogP contribution is 2.46. The lowest BCUT2D eigenvalue weighted by Gasteiger charge is -2.18. The first kappa shape index (κ1) is 15.7. The number of fused-ring (bicyclic) bond motifs is 1. The van der Waals surface area contributed by atoms with Crippen molar-refractivity contribution in [1.29, 1.82) is 5.26 Å². The Morgan fingerprint density at radius 1 is 1.12 bits per heavy atom. The molecule has 3 aliphatic carbocycles. The predicted molar refractivity (Wildman–Crippen MR) is 89.4 cm³/mol. The number of carbonyl (C=O) groups is 2. The number of amides is 2. The van der Waals surface area contributed by atoms with E-state index in [1.54, 1.807) is 0 Å². The number of carbonyl (C=O) groups excluding carboxylic acids is 2. The molecule has 2 unspecified atom stereocenters. The van der Waals surface area contributed by atoms with Crippen LogP contribution < -0.4 is 0 Å². The zero-order valence-corrected chi connectivity index (χ0v) is 14.2. The number of nitrogens with zero attached hydrogens (tertiary/aromatic N) is 2. The average Bonchev–Trinajstić information content (AvgIpc) is 2.90. The summed E-state index contributed by atoms with van der Waals surface area (Å²) >= 11 is 6.08. The van der Waals surface area contributed by atoms with Gasteiger partial charge in [0.25, 0.3) is 0 Å². The zero-order chi connectivity index (χ0) is 16.8. The van der Waals surface area contributed by atoms with Crippen molar-refractivity contribution in [3.05, 3.63) is 33.5 Å². The summed E-state index contributed by atoms with van der Waals surface area (Å²) in [5.41, 5.74) is 3.55. The van der Waals surface area contributed by atoms with Crippen LogP contribution in [0.5, 0.6) is 0 Å². The van der Waals surface area contributed by atoms with Crippen molar-refractivity contribution in [1.82, 2.24) is 4.90 Å². The van der Waals surface area contributed by atoms with Crippen molar-refractivity contribution in [3.63, 3.8) is 0 Å². The van der Waals surface area contributed by atoms with E-state index in [1.807, 2.05) is 6.08 Å². The molecule has 1 saturated heterocycles. The van der Waals surface area contributed by atoms with E-state index in [1.165, 1.54) is 16.9 Å². The Morgan fingerprint density at radius 2 is 1.88 bits per heavy atom. The lowest BCUT2D eigenvalue weighted by Crippen LogP contribution is -2.30. The Labute approximate surface area is 146 Å². The molecule has 24 heavy (non-hydrogen) atoms. The molecule has 1 heterocycles. The highest BCUT2D eigenvalue weighted by Gasteiger charge is 2.50. The summed E-state index contributed by atoms with van der Waals surface area (Å²) in [6, 6.07) is 2.29. The van der Waals surface area contributed by atoms with Gasteiger partial charge in [0.05, 0.1) is 23.1 Å². The van der Waals surface area contributed by atoms with Crippen LogP contribution in [0.15, 0.2) is 33.5 Å². The molecule has 0 aromatic carbocycles. The Hall–Kier alpha value is -1.86. The van der Waals surface area contributed by atoms with E-state index in [0.717, 1.165) is 31.3 Å². The maximum Gasteiger partial charge on any atom is 0.237 e. The quantitative estimate of drug-likeness (QED) is 0.678. The molecule has 5 heteroatoms. The Balaban J connectivity index is 1.70. The number of allylic oxidation sites excluding steroid dienone is 5. The summed E-state index contributed by atoms with van der Waals surface area (Å²) < 4.78 is 0. The molecule has 4 aliphatic rings. The fourth-order valence-corrected chi connectivity index (χ4v) is 4.78. The van der Waals surface area contributed by atoms with Crippen molar-refractivity contribution in [3.8, 4) is 6.07 Å². The third-order valence-electron chi connectivity index (χ3n) is 5.75. The maximum atomic E-state index is 12.9. The van der Waals surface area contributed by atoms with Crippen LogP contribution in [0.3, 0.4) is 0 Å². The summed E-state index contributed by atoms with van der Waals surface area (Å²) in [6.07, 6.45) is 8.62. The standard InChI is InChI=1S/C19H19ClN2O2/c20-12-6-7-14-15(9-12)19(24)22(18(14)23)17-8-11-4-2-1-3-5-13(11)16(17)10-21/h6,14-15H,1-5,7-9H2. The van der Waals surface area contributed by atoms with Crippen LogP contribution in [-0.2, 0) is 9.59 Å². The van der Waals surface area contributed by atoms with Crippen molar-refractivity contribution in [2.24, 2.45) is 11.8 Å². The van der Waals surface area contributed by atoms with Crippen molar-refractivity contribution in [2.75, 3.05) is 0 Å². The molecule has 0 aromatic heterocycles. The highest BCUT2D eigenvalue weighted by atomic mass is 35.5. The minimum atomic E-state index is -0.358. The monoisotopic (exact) mass is 342 g/mol. The molecule has 0 bridgehead atoms. The normalized spacial score (nSPS) is 30.2. The van der Waals surface area contributed by atoms with E-state index in [0.29, 0.717) is 35.6 Å². The molecule has 1 aliphatic heterocycles. The fourth-order valence-electron chi connectivity index (χ4n) is 4.52. The maximum absolute atomic E-state index is 12.9. The minimum absolute atomic E-state index is 0.147. The Bertz CT molecular complexity index is 769. The number of halogens is 1. The lowest BCUT2D eigenvalue weighted by atomic mass is 9.85. The van der Waals surface area contributed by atoms with Gasteiger partial charge in [-0.3, -0.25) is 14.5 Å². The average molecular weight is 343 g/mol. The largest absolute Gasteiger partial charge is 0.274 e. The molecule has 2 atom stereocenters. The van der Waals surface area contributed by atoms with Gasteiger partial charge in [-0.2, -0.15) is 5.26 Å². The zero-order valence-electron chi connectivity index (χ0n) is 13.5. The molecule has 0 aromatic rings. The summed E-state index contributed by atoms with van der Waals surface area (Å²) in [5, 5.41) is 10.3. The van der Waals surface area contributed by atoms with Crippen LogP contribution in [0.25, 0.3) is 0 Å². The molecule has 0 radical (unpaired) electrons. The van der Waals surface area contributed by atoms with Crippen LogP contribution in [0.4, 0.5) is 0 Å². The lowest BCUT2D eigenvalue weighted by molar-refractivity contribution is -0.137. The van der Waals surface area contributed by atoms with Gasteiger partial charge >= 0.3 is 0 Å². The van der Waals surface area contributed by atoms with E-state index in [4.69, 9.17) is 11.6 Å². The first-order valence-corrected chi connectivity index (χ1v) is 9.06. The topological polar surface area (TPSA) is 61.2 Å². The second kappa shape index (κ2) is 5.89. The van der Waals surface area contributed by atoms with E-state index in [-0.39, 0.29) is 23.7 Å². The van der Waals surface area contributed by atoms with Gasteiger partial charge in [0.2, 0.25) is 11.8 Å². The van der Waals surface area contributed by atoms with E-state index >= 15 is 0 Å². The molecular weight excluding hydrogens is 324 g/mol. The number of hydrogen-bond donors (Lipinski definition) is 0. The van der Waals surface area contributed by atoms with Gasteiger partial charge in [-0.15, -0.1) is 0 Å². The summed E-state index contributed by atoms with van der Waals surface area (Å²) in [6.45, 7) is 0. The van der Waals surface area contributed by atoms with Gasteiger partial charge in [-0.25, -0.2) is 0 Å². The number of likely N-dealkylation sites (tertiary alicyclic amines) is 1. The second-order valence-corrected chi connectivity index (χ2v) is 7.55. The van der Waals surface area contributed by atoms with Crippen LogP contribution in [0.2, 0.25) is 0 Å². The smallest absolute Gasteiger partial charge is 0.237 e. The molecule has 1 fully saturated rings. The Morgan fingerprint density at radius 3 is 2.67 bits per heavy atom. The molecule has 0 N–H and O–H groups in total. The molecule has 124 valence electrons. The summed E-state index contributed by atoms with van der Waals surface area (Å²) in [4.78, 5) is 27.0. The molecule has 4 nitrogen and oxygen atoms in total. The van der Waals surface area contributed by atoms with Gasteiger partial charge in [-0.05, 0) is 44.1 Å². The third-order valence-corrected chi connectivity index (χ3v) is 6.06. The molecule has 4 rings (SSSR count). The Kier molecular flexibility index (Phi) is 3.85. The third kappa shape index (κ3) is 2.26. The van der Waals surface area contributed by atoms with Crippen molar-refractivity contribution < 1.29 is 9.59 Å². The SMILES string of the molecule is N#CC1=C(N2C(=O)C3CC=C(Cl)CC3C2=O)CC2=C1CCCCC2. The number of rotatable bonds is 1. The summed E-state index contributed by atoms with van der Waals surface area (Å²) in [5.74, 6) is -0.988. The van der Waals surface area contributed by atoms with Gasteiger partial charge in [-0.1, -0.05) is 29.7 Å². The van der Waals surface area contributed by atoms with Gasteiger partial charge in [0.15, 0.2) is 0 Å². The van der Waals surface area contributed by atoms with Gasteiger partial charge in [0, 0.05) is 11.5 Å². The first-order chi connectivity index (χ1) is 11.6. The van der Waals surface area contributed by atoms with E-state index < -0.39 is 0 Å². The molecular formula is C19H19ClN2O2. The van der Waals surface area contributed by atoms with Crippen molar-refractivity contribution in [2.45, 2.75) is 51.4 Å². The van der Waals surface area contributed by atoms with Crippen LogP contribution >= 0.6 is 11.6 Å². The molecule has 0 saturated carbocycles. The van der Waals surface area contributed by atoms with E-state index in [9.17, 15) is 14.9 Å². The number of imide groups is 1. The number of hydrogen-bond acceptors (Lipinski definition) is 3. The fraction of sp³-hybridized carbons (Fsp3) is 0.526. The van der Waals surface area contributed by atoms with Crippen LogP contribution in [0, 0.1) is 23.2 Å². The van der Waals surface area contributed by atoms with Crippen molar-refractivity contribution >= 4 is 23.4 Å². The van der Waals surface area contributed by atoms with Crippen LogP contribution in [0.1, 0.15) is 51.4 Å². The second-order valence-electron chi connectivity index (χ2n) is 7.07. The highest BCUT2D eigenvalue weighted by molar-refractivity contribution is 6.30. The molecule has 0 spiro atoms.